The van der Waals surface area contributed by atoms with E-state index in [-0.39, 0.29) is 11.6 Å². The third kappa shape index (κ3) is 4.22. The smallest absolute Gasteiger partial charge is 0.276 e. The van der Waals surface area contributed by atoms with Crippen LogP contribution in [0.5, 0.6) is 0 Å². The number of carbonyl (C=O) groups excluding carboxylic acids is 1. The number of anilines is 3. The number of carbonyl (C=O) groups is 1. The van der Waals surface area contributed by atoms with E-state index in [1.165, 1.54) is 0 Å². The first-order chi connectivity index (χ1) is 12.5. The van der Waals surface area contributed by atoms with Gasteiger partial charge in [-0.25, -0.2) is 0 Å². The number of benzene rings is 2. The molecule has 2 N–H and O–H groups in total. The monoisotopic (exact) mass is 343 g/mol. The van der Waals surface area contributed by atoms with Gasteiger partial charge in [-0.05, 0) is 67.4 Å². The maximum atomic E-state index is 12.3. The van der Waals surface area contributed by atoms with Crippen LogP contribution in [-0.4, -0.2) is 16.1 Å². The fraction of sp³-hybridized carbons (Fsp3) is 0.100. The molecule has 6 heteroatoms. The Morgan fingerprint density at radius 1 is 0.962 bits per heavy atom. The summed E-state index contributed by atoms with van der Waals surface area (Å²) in [6.45, 7) is 3.95. The Labute approximate surface area is 151 Å². The van der Waals surface area contributed by atoms with Gasteiger partial charge in [0.15, 0.2) is 11.5 Å². The van der Waals surface area contributed by atoms with Gasteiger partial charge in [0, 0.05) is 11.4 Å². The molecule has 0 aliphatic heterocycles. The second kappa shape index (κ2) is 7.45. The first kappa shape index (κ1) is 17.1. The lowest BCUT2D eigenvalue weighted by Crippen LogP contribution is -2.14. The van der Waals surface area contributed by atoms with E-state index in [0.717, 1.165) is 22.5 Å². The van der Waals surface area contributed by atoms with E-state index in [1.807, 2.05) is 38.1 Å². The minimum absolute atomic E-state index is 0.223. The third-order valence-corrected chi connectivity index (χ3v) is 3.64. The molecule has 2 aromatic carbocycles. The van der Waals surface area contributed by atoms with E-state index in [2.05, 4.69) is 26.9 Å². The molecule has 0 fully saturated rings. The average molecular weight is 343 g/mol. The Balaban J connectivity index is 1.70. The highest BCUT2D eigenvalue weighted by Crippen LogP contribution is 2.17. The Morgan fingerprint density at radius 3 is 2.38 bits per heavy atom. The van der Waals surface area contributed by atoms with Gasteiger partial charge in [-0.2, -0.15) is 5.26 Å². The maximum Gasteiger partial charge on any atom is 0.276 e. The lowest BCUT2D eigenvalue weighted by molar-refractivity contribution is 0.102. The van der Waals surface area contributed by atoms with Crippen LogP contribution in [0.4, 0.5) is 17.2 Å². The molecule has 26 heavy (non-hydrogen) atoms. The van der Waals surface area contributed by atoms with Crippen molar-refractivity contribution in [2.75, 3.05) is 10.6 Å². The number of hydrogen-bond acceptors (Lipinski definition) is 5. The molecule has 0 spiro atoms. The largest absolute Gasteiger partial charge is 0.339 e. The van der Waals surface area contributed by atoms with Crippen molar-refractivity contribution in [2.24, 2.45) is 0 Å². The Morgan fingerprint density at radius 2 is 1.73 bits per heavy atom. The van der Waals surface area contributed by atoms with Crippen molar-refractivity contribution in [3.63, 3.8) is 0 Å². The summed E-state index contributed by atoms with van der Waals surface area (Å²) in [5.41, 5.74) is 4.37. The molecule has 0 unspecified atom stereocenters. The molecular weight excluding hydrogens is 326 g/mol. The van der Waals surface area contributed by atoms with Gasteiger partial charge < -0.3 is 10.6 Å². The predicted molar refractivity (Wildman–Crippen MR) is 100 cm³/mol. The SMILES string of the molecule is Cc1cc(C)cc(NC(=O)c2ccc(Nc3cccc(C#N)c3)nn2)c1. The summed E-state index contributed by atoms with van der Waals surface area (Å²) >= 11 is 0. The molecule has 128 valence electrons. The molecule has 0 atom stereocenters. The summed E-state index contributed by atoms with van der Waals surface area (Å²) in [7, 11) is 0. The highest BCUT2D eigenvalue weighted by molar-refractivity contribution is 6.02. The van der Waals surface area contributed by atoms with Crippen LogP contribution in [0.25, 0.3) is 0 Å². The zero-order chi connectivity index (χ0) is 18.5. The molecule has 3 aromatic rings. The van der Waals surface area contributed by atoms with Gasteiger partial charge in [0.05, 0.1) is 11.6 Å². The summed E-state index contributed by atoms with van der Waals surface area (Å²) in [5.74, 6) is 0.170. The van der Waals surface area contributed by atoms with E-state index in [0.29, 0.717) is 11.4 Å². The molecule has 0 saturated heterocycles. The first-order valence-electron chi connectivity index (χ1n) is 8.04. The molecule has 0 aliphatic rings. The zero-order valence-electron chi connectivity index (χ0n) is 14.4. The van der Waals surface area contributed by atoms with Crippen molar-refractivity contribution in [1.82, 2.24) is 10.2 Å². The van der Waals surface area contributed by atoms with Crippen LogP contribution in [0.15, 0.2) is 54.6 Å². The summed E-state index contributed by atoms with van der Waals surface area (Å²) in [6, 6.07) is 18.2. The summed E-state index contributed by atoms with van der Waals surface area (Å²) < 4.78 is 0. The van der Waals surface area contributed by atoms with Crippen molar-refractivity contribution in [2.45, 2.75) is 13.8 Å². The number of amides is 1. The second-order valence-corrected chi connectivity index (χ2v) is 5.95. The number of nitrogens with one attached hydrogen (secondary N) is 2. The molecule has 1 heterocycles. The van der Waals surface area contributed by atoms with E-state index < -0.39 is 0 Å². The van der Waals surface area contributed by atoms with Crippen molar-refractivity contribution in [1.29, 1.82) is 5.26 Å². The normalized spacial score (nSPS) is 10.0. The predicted octanol–water partition coefficient (Wildman–Crippen LogP) is 3.96. The van der Waals surface area contributed by atoms with Crippen molar-refractivity contribution >= 4 is 23.1 Å². The quantitative estimate of drug-likeness (QED) is 0.748. The Bertz CT molecular complexity index is 970. The Hall–Kier alpha value is -3.72. The van der Waals surface area contributed by atoms with Crippen LogP contribution in [0.2, 0.25) is 0 Å². The fourth-order valence-electron chi connectivity index (χ4n) is 2.58. The fourth-order valence-corrected chi connectivity index (χ4v) is 2.58. The Kier molecular flexibility index (Phi) is 4.90. The zero-order valence-corrected chi connectivity index (χ0v) is 14.4. The van der Waals surface area contributed by atoms with Crippen LogP contribution in [-0.2, 0) is 0 Å². The number of nitriles is 1. The van der Waals surface area contributed by atoms with E-state index >= 15 is 0 Å². The minimum atomic E-state index is -0.319. The van der Waals surface area contributed by atoms with Crippen molar-refractivity contribution in [3.05, 3.63) is 77.0 Å². The molecule has 6 nitrogen and oxygen atoms in total. The molecule has 0 aliphatic carbocycles. The highest BCUT2D eigenvalue weighted by Gasteiger charge is 2.09. The second-order valence-electron chi connectivity index (χ2n) is 5.95. The van der Waals surface area contributed by atoms with Gasteiger partial charge in [0.2, 0.25) is 0 Å². The molecular formula is C20H17N5O. The number of nitrogens with zero attached hydrogens (tertiary/aromatic N) is 3. The summed E-state index contributed by atoms with van der Waals surface area (Å²) in [5, 5.41) is 22.8. The van der Waals surface area contributed by atoms with Gasteiger partial charge in [-0.1, -0.05) is 12.1 Å². The molecule has 0 saturated carbocycles. The summed E-state index contributed by atoms with van der Waals surface area (Å²) in [4.78, 5) is 12.3. The topological polar surface area (TPSA) is 90.7 Å². The van der Waals surface area contributed by atoms with Gasteiger partial charge in [0.25, 0.3) is 5.91 Å². The number of aryl methyl sites for hydroxylation is 2. The van der Waals surface area contributed by atoms with Crippen molar-refractivity contribution < 1.29 is 4.79 Å². The highest BCUT2D eigenvalue weighted by atomic mass is 16.1. The lowest BCUT2D eigenvalue weighted by atomic mass is 10.1. The number of rotatable bonds is 4. The number of hydrogen-bond donors (Lipinski definition) is 2. The lowest BCUT2D eigenvalue weighted by Gasteiger charge is -2.08. The first-order valence-corrected chi connectivity index (χ1v) is 8.04. The van der Waals surface area contributed by atoms with Gasteiger partial charge in [-0.15, -0.1) is 10.2 Å². The maximum absolute atomic E-state index is 12.3. The average Bonchev–Trinajstić information content (AvgIpc) is 2.61. The van der Waals surface area contributed by atoms with Gasteiger partial charge in [0.1, 0.15) is 0 Å². The van der Waals surface area contributed by atoms with Crippen LogP contribution in [0.1, 0.15) is 27.2 Å². The molecule has 1 aromatic heterocycles. The van der Waals surface area contributed by atoms with E-state index in [4.69, 9.17) is 5.26 Å². The van der Waals surface area contributed by atoms with Crippen LogP contribution < -0.4 is 10.6 Å². The third-order valence-electron chi connectivity index (χ3n) is 3.64. The van der Waals surface area contributed by atoms with Crippen LogP contribution in [0.3, 0.4) is 0 Å². The van der Waals surface area contributed by atoms with E-state index in [1.54, 1.807) is 30.3 Å². The van der Waals surface area contributed by atoms with Gasteiger partial charge in [-0.3, -0.25) is 4.79 Å². The minimum Gasteiger partial charge on any atom is -0.339 e. The van der Waals surface area contributed by atoms with E-state index in [9.17, 15) is 4.79 Å². The molecule has 1 amide bonds. The molecule has 0 radical (unpaired) electrons. The molecule has 0 bridgehead atoms. The molecule has 3 rings (SSSR count). The summed E-state index contributed by atoms with van der Waals surface area (Å²) in [6.07, 6.45) is 0. The van der Waals surface area contributed by atoms with Crippen LogP contribution >= 0.6 is 0 Å². The van der Waals surface area contributed by atoms with Gasteiger partial charge >= 0.3 is 0 Å². The standard InChI is InChI=1S/C20H17N5O/c1-13-8-14(2)10-17(9-13)23-20(26)18-6-7-19(25-24-18)22-16-5-3-4-15(11-16)12-21/h3-11H,1-2H3,(H,22,25)(H,23,26). The van der Waals surface area contributed by atoms with Crippen molar-refractivity contribution in [3.8, 4) is 6.07 Å². The number of aromatic nitrogens is 2. The van der Waals surface area contributed by atoms with Crippen LogP contribution in [0, 0.1) is 25.2 Å².